The number of thiazole rings is 1. The highest BCUT2D eigenvalue weighted by Gasteiger charge is 2.26. The lowest BCUT2D eigenvalue weighted by atomic mass is 10.2. The molecule has 0 atom stereocenters. The van der Waals surface area contributed by atoms with Gasteiger partial charge in [-0.1, -0.05) is 6.07 Å². The Morgan fingerprint density at radius 2 is 2.00 bits per heavy atom. The second-order valence-corrected chi connectivity index (χ2v) is 8.44. The largest absolute Gasteiger partial charge is 0.444 e. The van der Waals surface area contributed by atoms with Crippen LogP contribution in [-0.2, 0) is 11.3 Å². The second kappa shape index (κ2) is 8.14. The molecule has 1 aliphatic rings. The summed E-state index contributed by atoms with van der Waals surface area (Å²) >= 11 is 1.36. The summed E-state index contributed by atoms with van der Waals surface area (Å²) < 4.78 is 5.42. The van der Waals surface area contributed by atoms with Crippen molar-refractivity contribution in [1.82, 2.24) is 19.8 Å². The van der Waals surface area contributed by atoms with Crippen molar-refractivity contribution in [3.05, 3.63) is 35.0 Å². The van der Waals surface area contributed by atoms with E-state index < -0.39 is 5.60 Å². The molecule has 0 unspecified atom stereocenters. The van der Waals surface area contributed by atoms with Crippen LogP contribution >= 0.6 is 11.3 Å². The summed E-state index contributed by atoms with van der Waals surface area (Å²) in [6.07, 6.45) is 2.30. The van der Waals surface area contributed by atoms with Crippen molar-refractivity contribution in [1.29, 1.82) is 0 Å². The minimum atomic E-state index is -0.491. The minimum absolute atomic E-state index is 0.276. The van der Waals surface area contributed by atoms with Gasteiger partial charge in [0.05, 0.1) is 16.3 Å². The van der Waals surface area contributed by atoms with Gasteiger partial charge in [0.2, 0.25) is 0 Å². The van der Waals surface area contributed by atoms with Gasteiger partial charge in [-0.05, 0) is 32.9 Å². The molecule has 2 aromatic heterocycles. The van der Waals surface area contributed by atoms with Crippen LogP contribution < -0.4 is 0 Å². The molecule has 1 aliphatic heterocycles. The Labute approximate surface area is 163 Å². The van der Waals surface area contributed by atoms with Crippen molar-refractivity contribution < 1.29 is 14.3 Å². The first-order valence-corrected chi connectivity index (χ1v) is 9.74. The zero-order chi connectivity index (χ0) is 19.4. The third-order valence-electron chi connectivity index (χ3n) is 4.12. The Balaban J connectivity index is 1.61. The maximum absolute atomic E-state index is 12.2. The molecule has 0 saturated carbocycles. The van der Waals surface area contributed by atoms with E-state index in [1.807, 2.05) is 39.0 Å². The molecule has 0 aliphatic carbocycles. The number of nitrogens with zero attached hydrogens (tertiary/aromatic N) is 4. The van der Waals surface area contributed by atoms with Gasteiger partial charge in [0.25, 0.3) is 0 Å². The number of hydrogen-bond acceptors (Lipinski definition) is 7. The molecule has 1 fully saturated rings. The number of carbonyl (C=O) groups is 2. The lowest BCUT2D eigenvalue weighted by Gasteiger charge is -2.35. The van der Waals surface area contributed by atoms with E-state index in [0.717, 1.165) is 22.7 Å². The highest BCUT2D eigenvalue weighted by atomic mass is 32.1. The average molecular weight is 388 g/mol. The minimum Gasteiger partial charge on any atom is -0.444 e. The highest BCUT2D eigenvalue weighted by molar-refractivity contribution is 7.16. The van der Waals surface area contributed by atoms with E-state index in [1.165, 1.54) is 11.3 Å². The molecule has 27 heavy (non-hydrogen) atoms. The third kappa shape index (κ3) is 5.11. The van der Waals surface area contributed by atoms with Crippen LogP contribution in [0.3, 0.4) is 0 Å². The summed E-state index contributed by atoms with van der Waals surface area (Å²) in [6.45, 7) is 8.81. The Kier molecular flexibility index (Phi) is 5.86. The van der Waals surface area contributed by atoms with Gasteiger partial charge >= 0.3 is 6.09 Å². The number of pyridine rings is 1. The summed E-state index contributed by atoms with van der Waals surface area (Å²) in [4.78, 5) is 37.1. The zero-order valence-corrected chi connectivity index (χ0v) is 16.7. The Morgan fingerprint density at radius 3 is 2.59 bits per heavy atom. The quantitative estimate of drug-likeness (QED) is 0.750. The van der Waals surface area contributed by atoms with Gasteiger partial charge in [-0.15, -0.1) is 11.3 Å². The average Bonchev–Trinajstić information content (AvgIpc) is 3.04. The monoisotopic (exact) mass is 388 g/mol. The van der Waals surface area contributed by atoms with Crippen molar-refractivity contribution in [3.63, 3.8) is 0 Å². The Morgan fingerprint density at radius 1 is 1.26 bits per heavy atom. The topological polar surface area (TPSA) is 75.6 Å². The molecule has 2 aromatic rings. The predicted molar refractivity (Wildman–Crippen MR) is 104 cm³/mol. The molecule has 7 nitrogen and oxygen atoms in total. The lowest BCUT2D eigenvalue weighted by Crippen LogP contribution is -2.49. The smallest absolute Gasteiger partial charge is 0.410 e. The molecule has 144 valence electrons. The number of rotatable bonds is 4. The fourth-order valence-electron chi connectivity index (χ4n) is 2.79. The molecule has 3 heterocycles. The van der Waals surface area contributed by atoms with E-state index in [9.17, 15) is 9.59 Å². The predicted octanol–water partition coefficient (Wildman–Crippen LogP) is 3.07. The van der Waals surface area contributed by atoms with E-state index in [4.69, 9.17) is 4.74 Å². The van der Waals surface area contributed by atoms with Crippen molar-refractivity contribution in [2.24, 2.45) is 0 Å². The van der Waals surface area contributed by atoms with Gasteiger partial charge in [0.15, 0.2) is 6.29 Å². The summed E-state index contributed by atoms with van der Waals surface area (Å²) in [5.41, 5.74) is 1.04. The van der Waals surface area contributed by atoms with E-state index in [0.29, 0.717) is 37.6 Å². The number of aromatic nitrogens is 2. The second-order valence-electron chi connectivity index (χ2n) is 7.41. The van der Waals surface area contributed by atoms with E-state index in [1.54, 1.807) is 11.1 Å². The molecule has 0 radical (unpaired) electrons. The molecule has 1 saturated heterocycles. The van der Waals surface area contributed by atoms with Crippen LogP contribution in [0.2, 0.25) is 0 Å². The first-order chi connectivity index (χ1) is 12.9. The SMILES string of the molecule is CC(C)(C)OC(=O)N1CCN(Cc2nc(-c3ccccn3)sc2C=O)CC1. The molecule has 8 heteroatoms. The van der Waals surface area contributed by atoms with Gasteiger partial charge in [0, 0.05) is 38.9 Å². The van der Waals surface area contributed by atoms with E-state index >= 15 is 0 Å². The first-order valence-electron chi connectivity index (χ1n) is 8.92. The number of piperazine rings is 1. The van der Waals surface area contributed by atoms with Crippen molar-refractivity contribution in [2.75, 3.05) is 26.2 Å². The van der Waals surface area contributed by atoms with E-state index in [-0.39, 0.29) is 6.09 Å². The number of carbonyl (C=O) groups excluding carboxylic acids is 2. The van der Waals surface area contributed by atoms with Crippen LogP contribution in [0.5, 0.6) is 0 Å². The molecular weight excluding hydrogens is 364 g/mol. The van der Waals surface area contributed by atoms with Gasteiger partial charge in [0.1, 0.15) is 10.6 Å². The highest BCUT2D eigenvalue weighted by Crippen LogP contribution is 2.26. The van der Waals surface area contributed by atoms with Crippen molar-refractivity contribution >= 4 is 23.7 Å². The maximum atomic E-state index is 12.2. The first kappa shape index (κ1) is 19.4. The van der Waals surface area contributed by atoms with Gasteiger partial charge in [-0.2, -0.15) is 0 Å². The normalized spacial score (nSPS) is 15.6. The number of aldehydes is 1. The molecule has 0 bridgehead atoms. The summed E-state index contributed by atoms with van der Waals surface area (Å²) in [5, 5.41) is 0.750. The van der Waals surface area contributed by atoms with Gasteiger partial charge < -0.3 is 9.64 Å². The summed E-state index contributed by atoms with van der Waals surface area (Å²) in [7, 11) is 0. The number of ether oxygens (including phenoxy) is 1. The fraction of sp³-hybridized carbons (Fsp3) is 0.474. The molecule has 0 spiro atoms. The Hall–Kier alpha value is -2.32. The van der Waals surface area contributed by atoms with Crippen LogP contribution in [0.1, 0.15) is 36.1 Å². The molecule has 0 N–H and O–H groups in total. The molecular formula is C19H24N4O3S. The summed E-state index contributed by atoms with van der Waals surface area (Å²) in [5.74, 6) is 0. The maximum Gasteiger partial charge on any atom is 0.410 e. The van der Waals surface area contributed by atoms with Crippen molar-refractivity contribution in [2.45, 2.75) is 32.9 Å². The molecule has 3 rings (SSSR count). The number of hydrogen-bond donors (Lipinski definition) is 0. The molecule has 0 aromatic carbocycles. The van der Waals surface area contributed by atoms with Crippen LogP contribution in [0.15, 0.2) is 24.4 Å². The lowest BCUT2D eigenvalue weighted by molar-refractivity contribution is 0.0138. The van der Waals surface area contributed by atoms with Crippen LogP contribution in [-0.4, -0.2) is 63.9 Å². The van der Waals surface area contributed by atoms with Gasteiger partial charge in [-0.25, -0.2) is 9.78 Å². The van der Waals surface area contributed by atoms with Gasteiger partial charge in [-0.3, -0.25) is 14.7 Å². The summed E-state index contributed by atoms with van der Waals surface area (Å²) in [6, 6.07) is 5.64. The van der Waals surface area contributed by atoms with Crippen LogP contribution in [0, 0.1) is 0 Å². The van der Waals surface area contributed by atoms with E-state index in [2.05, 4.69) is 14.9 Å². The number of amides is 1. The molecule has 1 amide bonds. The zero-order valence-electron chi connectivity index (χ0n) is 15.8. The third-order valence-corrected chi connectivity index (χ3v) is 5.16. The van der Waals surface area contributed by atoms with Crippen LogP contribution in [0.4, 0.5) is 4.79 Å². The standard InChI is InChI=1S/C19H24N4O3S/c1-19(2,3)26-18(25)23-10-8-22(9-11-23)12-15-16(13-24)27-17(21-15)14-6-4-5-7-20-14/h4-7,13H,8-12H2,1-3H3. The fourth-order valence-corrected chi connectivity index (χ4v) is 3.66. The Bertz CT molecular complexity index is 793. The van der Waals surface area contributed by atoms with Crippen molar-refractivity contribution in [3.8, 4) is 10.7 Å². The van der Waals surface area contributed by atoms with Crippen LogP contribution in [0.25, 0.3) is 10.7 Å².